The molecule has 0 aromatic rings. The van der Waals surface area contributed by atoms with Crippen molar-refractivity contribution in [3.8, 4) is 0 Å². The molecule has 0 radical (unpaired) electrons. The van der Waals surface area contributed by atoms with Crippen molar-refractivity contribution in [3.05, 3.63) is 0 Å². The zero-order chi connectivity index (χ0) is 11.4. The Kier molecular flexibility index (Phi) is 4.54. The molecular weight excluding hydrogens is 190 g/mol. The van der Waals surface area contributed by atoms with E-state index < -0.39 is 0 Å². The molecular formula is C11H23N3O. The molecule has 1 fully saturated rings. The van der Waals surface area contributed by atoms with Gasteiger partial charge in [0.1, 0.15) is 0 Å². The Balaban J connectivity index is 2.46. The lowest BCUT2D eigenvalue weighted by Crippen LogP contribution is -2.46. The van der Waals surface area contributed by atoms with Gasteiger partial charge in [-0.05, 0) is 32.2 Å². The normalized spacial score (nSPS) is 20.1. The molecule has 0 aliphatic heterocycles. The number of hydrogen-bond donors (Lipinski definition) is 2. The summed E-state index contributed by atoms with van der Waals surface area (Å²) >= 11 is 0. The van der Waals surface area contributed by atoms with E-state index >= 15 is 0 Å². The molecule has 88 valence electrons. The van der Waals surface area contributed by atoms with Crippen LogP contribution in [-0.2, 0) is 4.79 Å². The molecule has 2 atom stereocenters. The van der Waals surface area contributed by atoms with Crippen LogP contribution in [-0.4, -0.2) is 29.9 Å². The lowest BCUT2D eigenvalue weighted by Gasteiger charge is -2.31. The topological polar surface area (TPSA) is 58.4 Å². The first-order chi connectivity index (χ1) is 7.10. The largest absolute Gasteiger partial charge is 0.300 e. The van der Waals surface area contributed by atoms with Gasteiger partial charge in [0.05, 0.1) is 5.92 Å². The predicted octanol–water partition coefficient (Wildman–Crippen LogP) is 0.733. The minimum atomic E-state index is -0.0725. The van der Waals surface area contributed by atoms with Crippen molar-refractivity contribution in [1.82, 2.24) is 10.3 Å². The highest BCUT2D eigenvalue weighted by molar-refractivity contribution is 5.78. The quantitative estimate of drug-likeness (QED) is 0.388. The Labute approximate surface area is 92.2 Å². The first kappa shape index (κ1) is 12.5. The molecule has 3 N–H and O–H groups in total. The number of amides is 1. The highest BCUT2D eigenvalue weighted by atomic mass is 16.2. The van der Waals surface area contributed by atoms with E-state index in [9.17, 15) is 4.79 Å². The summed E-state index contributed by atoms with van der Waals surface area (Å²) in [5, 5.41) is 0. The summed E-state index contributed by atoms with van der Waals surface area (Å²) in [6.45, 7) is 8.31. The molecule has 1 aliphatic rings. The summed E-state index contributed by atoms with van der Waals surface area (Å²) in [5.41, 5.74) is 2.23. The van der Waals surface area contributed by atoms with E-state index in [0.29, 0.717) is 0 Å². The maximum absolute atomic E-state index is 11.4. The maximum Gasteiger partial charge on any atom is 0.238 e. The Bertz CT molecular complexity index is 216. The Morgan fingerprint density at radius 3 is 2.53 bits per heavy atom. The van der Waals surface area contributed by atoms with Crippen LogP contribution in [0.15, 0.2) is 0 Å². The molecule has 0 aromatic heterocycles. The number of nitrogens with zero attached hydrogens (tertiary/aromatic N) is 1. The average Bonchev–Trinajstić information content (AvgIpc) is 3.06. The van der Waals surface area contributed by atoms with Gasteiger partial charge in [-0.3, -0.25) is 15.1 Å². The van der Waals surface area contributed by atoms with Crippen molar-refractivity contribution in [2.24, 2.45) is 17.7 Å². The molecule has 4 heteroatoms. The van der Waals surface area contributed by atoms with E-state index in [1.165, 1.54) is 12.8 Å². The third-order valence-electron chi connectivity index (χ3n) is 3.45. The summed E-state index contributed by atoms with van der Waals surface area (Å²) in [5.74, 6) is 5.89. The van der Waals surface area contributed by atoms with Crippen LogP contribution in [0.3, 0.4) is 0 Å². The van der Waals surface area contributed by atoms with E-state index in [0.717, 1.165) is 19.0 Å². The van der Waals surface area contributed by atoms with Crippen molar-refractivity contribution in [1.29, 1.82) is 0 Å². The molecule has 0 spiro atoms. The van der Waals surface area contributed by atoms with Crippen molar-refractivity contribution in [3.63, 3.8) is 0 Å². The lowest BCUT2D eigenvalue weighted by atomic mass is 10.0. The van der Waals surface area contributed by atoms with Gasteiger partial charge in [0, 0.05) is 12.6 Å². The Hall–Kier alpha value is -0.610. The molecule has 0 heterocycles. The van der Waals surface area contributed by atoms with E-state index in [2.05, 4.69) is 24.2 Å². The molecule has 1 rings (SSSR count). The fourth-order valence-corrected chi connectivity index (χ4v) is 1.88. The molecule has 0 saturated heterocycles. The summed E-state index contributed by atoms with van der Waals surface area (Å²) < 4.78 is 0. The first-order valence-corrected chi connectivity index (χ1v) is 5.84. The van der Waals surface area contributed by atoms with Gasteiger partial charge < -0.3 is 0 Å². The molecule has 4 nitrogen and oxygen atoms in total. The van der Waals surface area contributed by atoms with Crippen molar-refractivity contribution < 1.29 is 4.79 Å². The van der Waals surface area contributed by atoms with Crippen LogP contribution < -0.4 is 11.3 Å². The molecule has 2 unspecified atom stereocenters. The van der Waals surface area contributed by atoms with E-state index in [-0.39, 0.29) is 17.9 Å². The minimum Gasteiger partial charge on any atom is -0.300 e. The van der Waals surface area contributed by atoms with Crippen molar-refractivity contribution in [2.75, 3.05) is 13.1 Å². The van der Waals surface area contributed by atoms with Crippen molar-refractivity contribution in [2.45, 2.75) is 39.7 Å². The van der Waals surface area contributed by atoms with Gasteiger partial charge >= 0.3 is 0 Å². The molecule has 1 aliphatic carbocycles. The van der Waals surface area contributed by atoms with Crippen molar-refractivity contribution >= 4 is 5.91 Å². The summed E-state index contributed by atoms with van der Waals surface area (Å²) in [6, 6.07) is 0.263. The molecule has 0 aromatic carbocycles. The number of rotatable bonds is 6. The van der Waals surface area contributed by atoms with Gasteiger partial charge in [-0.25, -0.2) is 5.84 Å². The molecule has 15 heavy (non-hydrogen) atoms. The van der Waals surface area contributed by atoms with Crippen LogP contribution in [0.25, 0.3) is 0 Å². The molecule has 1 saturated carbocycles. The zero-order valence-electron chi connectivity index (χ0n) is 9.99. The average molecular weight is 213 g/mol. The third-order valence-corrected chi connectivity index (χ3v) is 3.45. The second-order valence-electron chi connectivity index (χ2n) is 4.57. The highest BCUT2D eigenvalue weighted by Gasteiger charge is 2.29. The van der Waals surface area contributed by atoms with E-state index in [1.807, 2.05) is 6.92 Å². The number of carbonyl (C=O) groups excluding carboxylic acids is 1. The third kappa shape index (κ3) is 3.47. The summed E-state index contributed by atoms with van der Waals surface area (Å²) in [4.78, 5) is 13.8. The fraction of sp³-hybridized carbons (Fsp3) is 0.909. The van der Waals surface area contributed by atoms with Crippen LogP contribution in [0.5, 0.6) is 0 Å². The molecule has 0 bridgehead atoms. The van der Waals surface area contributed by atoms with E-state index in [1.54, 1.807) is 0 Å². The zero-order valence-corrected chi connectivity index (χ0v) is 9.99. The van der Waals surface area contributed by atoms with Crippen LogP contribution in [0.2, 0.25) is 0 Å². The summed E-state index contributed by atoms with van der Waals surface area (Å²) in [6.07, 6.45) is 2.70. The predicted molar refractivity (Wildman–Crippen MR) is 60.9 cm³/mol. The van der Waals surface area contributed by atoms with Gasteiger partial charge in [0.2, 0.25) is 5.91 Å². The van der Waals surface area contributed by atoms with Crippen LogP contribution in [0, 0.1) is 11.8 Å². The van der Waals surface area contributed by atoms with E-state index in [4.69, 9.17) is 5.84 Å². The lowest BCUT2D eigenvalue weighted by molar-refractivity contribution is -0.126. The van der Waals surface area contributed by atoms with Gasteiger partial charge in [0.25, 0.3) is 0 Å². The fourth-order valence-electron chi connectivity index (χ4n) is 1.88. The van der Waals surface area contributed by atoms with Crippen LogP contribution >= 0.6 is 0 Å². The van der Waals surface area contributed by atoms with Crippen LogP contribution in [0.4, 0.5) is 0 Å². The highest BCUT2D eigenvalue weighted by Crippen LogP contribution is 2.30. The smallest absolute Gasteiger partial charge is 0.238 e. The minimum absolute atomic E-state index is 0.0475. The number of hydrazine groups is 1. The van der Waals surface area contributed by atoms with Gasteiger partial charge in [-0.1, -0.05) is 13.8 Å². The number of nitrogens with one attached hydrogen (secondary N) is 1. The first-order valence-electron chi connectivity index (χ1n) is 5.84. The SMILES string of the molecule is CCN(CC1CC1)C(C)C(C)C(=O)NN. The number of nitrogens with two attached hydrogens (primary N) is 1. The summed E-state index contributed by atoms with van der Waals surface area (Å²) in [7, 11) is 0. The van der Waals surface area contributed by atoms with Gasteiger partial charge in [0.15, 0.2) is 0 Å². The second kappa shape index (κ2) is 5.47. The standard InChI is InChI=1S/C11H23N3O/c1-4-14(7-10-5-6-10)9(3)8(2)11(15)13-12/h8-10H,4-7,12H2,1-3H3,(H,13,15). The van der Waals surface area contributed by atoms with Crippen LogP contribution in [0.1, 0.15) is 33.6 Å². The Morgan fingerprint density at radius 1 is 1.53 bits per heavy atom. The monoisotopic (exact) mass is 213 g/mol. The van der Waals surface area contributed by atoms with Gasteiger partial charge in [-0.15, -0.1) is 0 Å². The number of hydrogen-bond acceptors (Lipinski definition) is 3. The maximum atomic E-state index is 11.4. The second-order valence-corrected chi connectivity index (χ2v) is 4.57. The number of carbonyl (C=O) groups is 1. The molecule has 1 amide bonds. The Morgan fingerprint density at radius 2 is 2.13 bits per heavy atom. The van der Waals surface area contributed by atoms with Gasteiger partial charge in [-0.2, -0.15) is 0 Å².